The van der Waals surface area contributed by atoms with Crippen LogP contribution >= 0.6 is 0 Å². The van der Waals surface area contributed by atoms with Crippen molar-refractivity contribution in [3.05, 3.63) is 41.5 Å². The molecular weight excluding hydrogens is 320 g/mol. The summed E-state index contributed by atoms with van der Waals surface area (Å²) in [6.45, 7) is 8.29. The summed E-state index contributed by atoms with van der Waals surface area (Å²) < 4.78 is 10.9. The van der Waals surface area contributed by atoms with Crippen LogP contribution in [0.15, 0.2) is 28.8 Å². The van der Waals surface area contributed by atoms with E-state index < -0.39 is 0 Å². The van der Waals surface area contributed by atoms with Crippen molar-refractivity contribution >= 4 is 6.03 Å². The summed E-state index contributed by atoms with van der Waals surface area (Å²) in [5, 5.41) is 9.74. The Labute approximate surface area is 147 Å². The average Bonchev–Trinajstić information content (AvgIpc) is 3.18. The Morgan fingerprint density at radius 3 is 2.68 bits per heavy atom. The number of benzene rings is 1. The van der Waals surface area contributed by atoms with Crippen LogP contribution in [0.4, 0.5) is 4.79 Å². The van der Waals surface area contributed by atoms with Gasteiger partial charge in [0, 0.05) is 17.5 Å². The fourth-order valence-corrected chi connectivity index (χ4v) is 3.04. The highest BCUT2D eigenvalue weighted by Crippen LogP contribution is 2.35. The molecule has 1 aromatic carbocycles. The maximum atomic E-state index is 12.5. The minimum atomic E-state index is -0.333. The first-order valence-electron chi connectivity index (χ1n) is 8.54. The largest absolute Gasteiger partial charge is 0.493 e. The number of rotatable bonds is 5. The molecule has 0 fully saturated rings. The number of carbonyl (C=O) groups excluding carboxylic acids is 1. The summed E-state index contributed by atoms with van der Waals surface area (Å²) in [7, 11) is 0. The van der Waals surface area contributed by atoms with Gasteiger partial charge in [-0.25, -0.2) is 4.79 Å². The molecule has 0 bridgehead atoms. The third-order valence-electron chi connectivity index (χ3n) is 4.46. The molecule has 3 atom stereocenters. The molecule has 0 unspecified atom stereocenters. The Morgan fingerprint density at radius 2 is 2.00 bits per heavy atom. The van der Waals surface area contributed by atoms with Gasteiger partial charge >= 0.3 is 6.03 Å². The van der Waals surface area contributed by atoms with Crippen LogP contribution in [-0.4, -0.2) is 28.8 Å². The third-order valence-corrected chi connectivity index (χ3v) is 4.46. The van der Waals surface area contributed by atoms with E-state index in [-0.39, 0.29) is 30.0 Å². The highest BCUT2D eigenvalue weighted by atomic mass is 16.5. The Balaban J connectivity index is 1.63. The Hall–Kier alpha value is -2.57. The lowest BCUT2D eigenvalue weighted by Crippen LogP contribution is -2.45. The average molecular weight is 344 g/mol. The molecule has 2 N–H and O–H groups in total. The van der Waals surface area contributed by atoms with E-state index in [4.69, 9.17) is 9.26 Å². The smallest absolute Gasteiger partial charge is 0.315 e. The summed E-state index contributed by atoms with van der Waals surface area (Å²) in [4.78, 5) is 16.7. The third kappa shape index (κ3) is 3.75. The molecule has 2 aromatic rings. The van der Waals surface area contributed by atoms with Gasteiger partial charge in [-0.3, -0.25) is 0 Å². The summed E-state index contributed by atoms with van der Waals surface area (Å²) >= 11 is 0. The van der Waals surface area contributed by atoms with E-state index in [1.807, 2.05) is 45.0 Å². The molecule has 1 aromatic heterocycles. The van der Waals surface area contributed by atoms with Gasteiger partial charge in [0.1, 0.15) is 11.8 Å². The van der Waals surface area contributed by atoms with Gasteiger partial charge in [0.05, 0.1) is 6.61 Å². The first-order valence-corrected chi connectivity index (χ1v) is 8.54. The fourth-order valence-electron chi connectivity index (χ4n) is 3.04. The number of nitrogens with zero attached hydrogens (tertiary/aromatic N) is 2. The first-order chi connectivity index (χ1) is 12.0. The van der Waals surface area contributed by atoms with Gasteiger partial charge in [-0.1, -0.05) is 37.2 Å². The molecule has 134 valence electrons. The monoisotopic (exact) mass is 344 g/mol. The summed E-state index contributed by atoms with van der Waals surface area (Å²) in [6.07, 6.45) is 0. The summed E-state index contributed by atoms with van der Waals surface area (Å²) in [5.41, 5.74) is 1.13. The molecule has 0 radical (unpaired) electrons. The minimum Gasteiger partial charge on any atom is -0.493 e. The van der Waals surface area contributed by atoms with Crippen molar-refractivity contribution in [2.75, 3.05) is 6.61 Å². The first kappa shape index (κ1) is 17.3. The molecule has 3 rings (SSSR count). The second-order valence-electron chi connectivity index (χ2n) is 6.76. The number of hydrogen-bond acceptors (Lipinski definition) is 5. The van der Waals surface area contributed by atoms with E-state index >= 15 is 0 Å². The van der Waals surface area contributed by atoms with E-state index in [9.17, 15) is 4.79 Å². The van der Waals surface area contributed by atoms with E-state index in [1.54, 1.807) is 6.92 Å². The van der Waals surface area contributed by atoms with Crippen molar-refractivity contribution in [1.29, 1.82) is 0 Å². The SMILES string of the molecule is Cc1noc([C@H](NC(=O)N[C@@H](C)[C@@H]2COc3ccccc32)C(C)C)n1. The second-order valence-corrected chi connectivity index (χ2v) is 6.76. The number of carbonyl (C=O) groups is 1. The van der Waals surface area contributed by atoms with Gasteiger partial charge in [-0.15, -0.1) is 0 Å². The summed E-state index contributed by atoms with van der Waals surface area (Å²) in [6, 6.07) is 7.27. The number of amides is 2. The fraction of sp³-hybridized carbons (Fsp3) is 0.500. The Bertz CT molecular complexity index is 743. The number of urea groups is 1. The van der Waals surface area contributed by atoms with E-state index in [1.165, 1.54) is 0 Å². The van der Waals surface area contributed by atoms with Crippen LogP contribution in [0.5, 0.6) is 5.75 Å². The van der Waals surface area contributed by atoms with Gasteiger partial charge in [0.15, 0.2) is 5.82 Å². The maximum absolute atomic E-state index is 12.5. The van der Waals surface area contributed by atoms with Crippen LogP contribution in [-0.2, 0) is 0 Å². The van der Waals surface area contributed by atoms with Crippen LogP contribution in [0.2, 0.25) is 0 Å². The molecule has 7 heteroatoms. The highest BCUT2D eigenvalue weighted by molar-refractivity contribution is 5.74. The highest BCUT2D eigenvalue weighted by Gasteiger charge is 2.31. The zero-order chi connectivity index (χ0) is 18.0. The zero-order valence-corrected chi connectivity index (χ0v) is 14.9. The minimum absolute atomic E-state index is 0.0686. The molecule has 7 nitrogen and oxygen atoms in total. The molecule has 0 saturated heterocycles. The van der Waals surface area contributed by atoms with Crippen molar-refractivity contribution in [1.82, 2.24) is 20.8 Å². The van der Waals surface area contributed by atoms with Gasteiger partial charge < -0.3 is 19.9 Å². The molecular formula is C18H24N4O3. The number of hydrogen-bond donors (Lipinski definition) is 2. The molecule has 0 saturated carbocycles. The molecule has 0 aliphatic carbocycles. The van der Waals surface area contributed by atoms with Crippen LogP contribution < -0.4 is 15.4 Å². The number of fused-ring (bicyclic) bond motifs is 1. The van der Waals surface area contributed by atoms with Gasteiger partial charge in [0.2, 0.25) is 5.89 Å². The van der Waals surface area contributed by atoms with E-state index in [0.29, 0.717) is 18.3 Å². The lowest BCUT2D eigenvalue weighted by molar-refractivity contribution is 0.218. The predicted octanol–water partition coefficient (Wildman–Crippen LogP) is 2.94. The molecule has 2 amide bonds. The lowest BCUT2D eigenvalue weighted by Gasteiger charge is -2.23. The number of nitrogens with one attached hydrogen (secondary N) is 2. The van der Waals surface area contributed by atoms with Crippen molar-refractivity contribution in [2.45, 2.75) is 45.7 Å². The summed E-state index contributed by atoms with van der Waals surface area (Å²) in [5.74, 6) is 2.12. The quantitative estimate of drug-likeness (QED) is 0.870. The number of aromatic nitrogens is 2. The van der Waals surface area contributed by atoms with Gasteiger partial charge in [-0.2, -0.15) is 4.98 Å². The lowest BCUT2D eigenvalue weighted by atomic mass is 9.94. The van der Waals surface area contributed by atoms with Crippen LogP contribution in [0.3, 0.4) is 0 Å². The maximum Gasteiger partial charge on any atom is 0.315 e. The molecule has 1 aliphatic heterocycles. The number of aryl methyl sites for hydroxylation is 1. The van der Waals surface area contributed by atoms with Crippen molar-refractivity contribution in [2.24, 2.45) is 5.92 Å². The number of ether oxygens (including phenoxy) is 1. The normalized spacial score (nSPS) is 18.4. The standard InChI is InChI=1S/C18H24N4O3/c1-10(2)16(17-20-12(4)22-25-17)21-18(23)19-11(3)14-9-24-15-8-6-5-7-13(14)15/h5-8,10-11,14,16H,9H2,1-4H3,(H2,19,21,23)/t11-,14-,16+/m0/s1. The molecule has 25 heavy (non-hydrogen) atoms. The molecule has 0 spiro atoms. The molecule has 2 heterocycles. The number of para-hydroxylation sites is 1. The Kier molecular flexibility index (Phi) is 4.92. The predicted molar refractivity (Wildman–Crippen MR) is 92.4 cm³/mol. The molecule has 1 aliphatic rings. The van der Waals surface area contributed by atoms with Crippen LogP contribution in [0, 0.1) is 12.8 Å². The van der Waals surface area contributed by atoms with Crippen molar-refractivity contribution in [3.8, 4) is 5.75 Å². The van der Waals surface area contributed by atoms with Crippen molar-refractivity contribution < 1.29 is 14.1 Å². The second kappa shape index (κ2) is 7.13. The topological polar surface area (TPSA) is 89.3 Å². The van der Waals surface area contributed by atoms with Crippen LogP contribution in [0.25, 0.3) is 0 Å². The van der Waals surface area contributed by atoms with E-state index in [0.717, 1.165) is 11.3 Å². The van der Waals surface area contributed by atoms with Gasteiger partial charge in [-0.05, 0) is 25.8 Å². The zero-order valence-electron chi connectivity index (χ0n) is 14.9. The van der Waals surface area contributed by atoms with Crippen molar-refractivity contribution in [3.63, 3.8) is 0 Å². The van der Waals surface area contributed by atoms with Gasteiger partial charge in [0.25, 0.3) is 0 Å². The van der Waals surface area contributed by atoms with Crippen LogP contribution in [0.1, 0.15) is 50.0 Å². The Morgan fingerprint density at radius 1 is 1.24 bits per heavy atom. The van der Waals surface area contributed by atoms with E-state index in [2.05, 4.69) is 20.8 Å².